The summed E-state index contributed by atoms with van der Waals surface area (Å²) >= 11 is 0. The summed E-state index contributed by atoms with van der Waals surface area (Å²) in [7, 11) is 2.12. The average molecular weight is 280 g/mol. The van der Waals surface area contributed by atoms with Crippen LogP contribution in [0.4, 0.5) is 0 Å². The van der Waals surface area contributed by atoms with E-state index in [0.29, 0.717) is 12.2 Å². The van der Waals surface area contributed by atoms with Crippen LogP contribution in [0.2, 0.25) is 0 Å². The minimum Gasteiger partial charge on any atom is -0.494 e. The second kappa shape index (κ2) is 8.08. The molecule has 2 aromatic carbocycles. The first-order valence-corrected chi connectivity index (χ1v) is 7.13. The van der Waals surface area contributed by atoms with Gasteiger partial charge in [-0.25, -0.2) is 0 Å². The van der Waals surface area contributed by atoms with Crippen LogP contribution in [0.25, 0.3) is 0 Å². The normalized spacial score (nSPS) is 10.3. The maximum atomic E-state index is 8.73. The zero-order chi connectivity index (χ0) is 14.9. The van der Waals surface area contributed by atoms with Crippen molar-refractivity contribution in [3.63, 3.8) is 0 Å². The SMILES string of the molecule is CN(CCCOc1ccc(C#N)cc1)Cc1ccccc1. The molecule has 0 unspecified atom stereocenters. The third-order valence-electron chi connectivity index (χ3n) is 3.23. The lowest BCUT2D eigenvalue weighted by Crippen LogP contribution is -2.20. The zero-order valence-electron chi connectivity index (χ0n) is 12.3. The van der Waals surface area contributed by atoms with Gasteiger partial charge in [0.2, 0.25) is 0 Å². The maximum Gasteiger partial charge on any atom is 0.119 e. The number of nitriles is 1. The molecule has 0 aliphatic carbocycles. The van der Waals surface area contributed by atoms with Crippen LogP contribution in [0.15, 0.2) is 54.6 Å². The Morgan fingerprint density at radius 3 is 2.43 bits per heavy atom. The first kappa shape index (κ1) is 15.1. The van der Waals surface area contributed by atoms with E-state index in [2.05, 4.69) is 42.3 Å². The molecule has 0 N–H and O–H groups in total. The summed E-state index contributed by atoms with van der Waals surface area (Å²) in [6.45, 7) is 2.63. The van der Waals surface area contributed by atoms with Gasteiger partial charge in [-0.2, -0.15) is 5.26 Å². The Kier molecular flexibility index (Phi) is 5.81. The number of benzene rings is 2. The highest BCUT2D eigenvalue weighted by Crippen LogP contribution is 2.11. The summed E-state index contributed by atoms with van der Waals surface area (Å²) in [5.74, 6) is 0.819. The van der Waals surface area contributed by atoms with E-state index >= 15 is 0 Å². The Morgan fingerprint density at radius 1 is 1.05 bits per heavy atom. The van der Waals surface area contributed by atoms with Crippen LogP contribution >= 0.6 is 0 Å². The topological polar surface area (TPSA) is 36.3 Å². The lowest BCUT2D eigenvalue weighted by molar-refractivity contribution is 0.259. The van der Waals surface area contributed by atoms with Crippen molar-refractivity contribution < 1.29 is 4.74 Å². The van der Waals surface area contributed by atoms with Crippen molar-refractivity contribution in [3.05, 3.63) is 65.7 Å². The van der Waals surface area contributed by atoms with Gasteiger partial charge in [-0.15, -0.1) is 0 Å². The molecule has 2 rings (SSSR count). The van der Waals surface area contributed by atoms with E-state index in [1.807, 2.05) is 18.2 Å². The smallest absolute Gasteiger partial charge is 0.119 e. The largest absolute Gasteiger partial charge is 0.494 e. The lowest BCUT2D eigenvalue weighted by atomic mass is 10.2. The molecule has 0 saturated carbocycles. The van der Waals surface area contributed by atoms with Gasteiger partial charge in [0, 0.05) is 13.1 Å². The van der Waals surface area contributed by atoms with E-state index in [9.17, 15) is 0 Å². The van der Waals surface area contributed by atoms with Crippen molar-refractivity contribution in [2.75, 3.05) is 20.2 Å². The number of hydrogen-bond acceptors (Lipinski definition) is 3. The molecule has 0 fully saturated rings. The van der Waals surface area contributed by atoms with Crippen LogP contribution in [0, 0.1) is 11.3 Å². The van der Waals surface area contributed by atoms with Crippen molar-refractivity contribution in [1.29, 1.82) is 5.26 Å². The predicted molar refractivity (Wildman–Crippen MR) is 84.0 cm³/mol. The minimum atomic E-state index is 0.657. The molecule has 0 saturated heterocycles. The zero-order valence-corrected chi connectivity index (χ0v) is 12.3. The van der Waals surface area contributed by atoms with Crippen molar-refractivity contribution >= 4 is 0 Å². The van der Waals surface area contributed by atoms with Gasteiger partial charge < -0.3 is 9.64 Å². The van der Waals surface area contributed by atoms with E-state index < -0.39 is 0 Å². The first-order valence-electron chi connectivity index (χ1n) is 7.13. The van der Waals surface area contributed by atoms with Gasteiger partial charge in [0.1, 0.15) is 5.75 Å². The molecular weight excluding hydrogens is 260 g/mol. The predicted octanol–water partition coefficient (Wildman–Crippen LogP) is 3.46. The van der Waals surface area contributed by atoms with Crippen LogP contribution < -0.4 is 4.74 Å². The number of rotatable bonds is 7. The Labute approximate surface area is 126 Å². The third-order valence-corrected chi connectivity index (χ3v) is 3.23. The average Bonchev–Trinajstić information content (AvgIpc) is 2.53. The number of ether oxygens (including phenoxy) is 1. The summed E-state index contributed by atoms with van der Waals surface area (Å²) in [6, 6.07) is 19.8. The molecule has 0 amide bonds. The fraction of sp³-hybridized carbons (Fsp3) is 0.278. The third kappa shape index (κ3) is 5.29. The van der Waals surface area contributed by atoms with Crippen LogP contribution in [-0.4, -0.2) is 25.1 Å². The Morgan fingerprint density at radius 2 is 1.76 bits per heavy atom. The molecule has 0 aliphatic rings. The molecule has 3 nitrogen and oxygen atoms in total. The Bertz CT molecular complexity index is 572. The van der Waals surface area contributed by atoms with Crippen molar-refractivity contribution in [3.8, 4) is 11.8 Å². The number of nitrogens with zero attached hydrogens (tertiary/aromatic N) is 2. The molecule has 3 heteroatoms. The van der Waals surface area contributed by atoms with Gasteiger partial charge in [0.25, 0.3) is 0 Å². The molecule has 0 heterocycles. The minimum absolute atomic E-state index is 0.657. The summed E-state index contributed by atoms with van der Waals surface area (Å²) in [5, 5.41) is 8.73. The highest BCUT2D eigenvalue weighted by atomic mass is 16.5. The fourth-order valence-electron chi connectivity index (χ4n) is 2.12. The second-order valence-electron chi connectivity index (χ2n) is 5.06. The van der Waals surface area contributed by atoms with Gasteiger partial charge in [0.15, 0.2) is 0 Å². The quantitative estimate of drug-likeness (QED) is 0.729. The molecule has 0 aromatic heterocycles. The highest BCUT2D eigenvalue weighted by molar-refractivity contribution is 5.34. The van der Waals surface area contributed by atoms with E-state index in [1.165, 1.54) is 5.56 Å². The molecule has 108 valence electrons. The van der Waals surface area contributed by atoms with Crippen LogP contribution in [0.1, 0.15) is 17.5 Å². The molecule has 0 aliphatic heterocycles. The summed E-state index contributed by atoms with van der Waals surface area (Å²) in [4.78, 5) is 2.29. The Hall–Kier alpha value is -2.31. The highest BCUT2D eigenvalue weighted by Gasteiger charge is 2.00. The van der Waals surface area contributed by atoms with E-state index in [0.717, 1.165) is 25.3 Å². The molecule has 0 spiro atoms. The first-order chi connectivity index (χ1) is 10.3. The van der Waals surface area contributed by atoms with E-state index in [-0.39, 0.29) is 0 Å². The monoisotopic (exact) mass is 280 g/mol. The van der Waals surface area contributed by atoms with Gasteiger partial charge in [-0.3, -0.25) is 0 Å². The lowest BCUT2D eigenvalue weighted by Gasteiger charge is -2.16. The maximum absolute atomic E-state index is 8.73. The molecule has 0 atom stereocenters. The van der Waals surface area contributed by atoms with Crippen LogP contribution in [0.5, 0.6) is 5.75 Å². The van der Waals surface area contributed by atoms with Gasteiger partial charge in [-0.1, -0.05) is 30.3 Å². The molecule has 0 bridgehead atoms. The fourth-order valence-corrected chi connectivity index (χ4v) is 2.12. The van der Waals surface area contributed by atoms with Crippen LogP contribution in [0.3, 0.4) is 0 Å². The molecule has 2 aromatic rings. The summed E-state index contributed by atoms with van der Waals surface area (Å²) < 4.78 is 5.67. The number of hydrogen-bond donors (Lipinski definition) is 0. The van der Waals surface area contributed by atoms with Crippen molar-refractivity contribution in [2.45, 2.75) is 13.0 Å². The van der Waals surface area contributed by atoms with Gasteiger partial charge in [0.05, 0.1) is 18.2 Å². The van der Waals surface area contributed by atoms with E-state index in [1.54, 1.807) is 12.1 Å². The molecular formula is C18H20N2O. The van der Waals surface area contributed by atoms with Gasteiger partial charge in [-0.05, 0) is 43.3 Å². The van der Waals surface area contributed by atoms with Crippen LogP contribution in [-0.2, 0) is 6.54 Å². The van der Waals surface area contributed by atoms with Gasteiger partial charge >= 0.3 is 0 Å². The summed E-state index contributed by atoms with van der Waals surface area (Å²) in [6.07, 6.45) is 0.976. The van der Waals surface area contributed by atoms with E-state index in [4.69, 9.17) is 10.00 Å². The van der Waals surface area contributed by atoms with Crippen molar-refractivity contribution in [2.24, 2.45) is 0 Å². The molecule has 21 heavy (non-hydrogen) atoms. The van der Waals surface area contributed by atoms with Crippen molar-refractivity contribution in [1.82, 2.24) is 4.90 Å². The molecule has 0 radical (unpaired) electrons. The standard InChI is InChI=1S/C18H20N2O/c1-20(15-17-6-3-2-4-7-17)12-5-13-21-18-10-8-16(14-19)9-11-18/h2-4,6-11H,5,12-13,15H2,1H3. The summed E-state index contributed by atoms with van der Waals surface area (Å²) in [5.41, 5.74) is 1.98. The second-order valence-corrected chi connectivity index (χ2v) is 5.06. The Balaban J connectivity index is 1.66.